The van der Waals surface area contributed by atoms with Crippen molar-refractivity contribution >= 4 is 0 Å². The van der Waals surface area contributed by atoms with Crippen LogP contribution in [0, 0.1) is 17.8 Å². The summed E-state index contributed by atoms with van der Waals surface area (Å²) in [6.07, 6.45) is -3.24. The maximum atomic E-state index is 11.9. The molecule has 1 aliphatic rings. The molecule has 0 aliphatic heterocycles. The quantitative estimate of drug-likeness (QED) is 0.561. The Hall–Kier alpha value is -0.210. The van der Waals surface area contributed by atoms with Gasteiger partial charge < -0.3 is 0 Å². The van der Waals surface area contributed by atoms with Crippen molar-refractivity contribution in [2.24, 2.45) is 17.8 Å². The Morgan fingerprint density at radius 1 is 1.18 bits per heavy atom. The largest absolute Gasteiger partial charge is 0.391 e. The highest BCUT2D eigenvalue weighted by Crippen LogP contribution is 2.47. The minimum absolute atomic E-state index is 0.307. The summed E-state index contributed by atoms with van der Waals surface area (Å²) in [5.74, 6) is -0.287. The first-order chi connectivity index (χ1) is 4.91. The predicted molar refractivity (Wildman–Crippen MR) is 37.1 cm³/mol. The van der Waals surface area contributed by atoms with Crippen molar-refractivity contribution in [1.29, 1.82) is 0 Å². The van der Waals surface area contributed by atoms with Crippen molar-refractivity contribution in [2.75, 3.05) is 0 Å². The monoisotopic (exact) mass is 166 g/mol. The van der Waals surface area contributed by atoms with Gasteiger partial charge in [0.25, 0.3) is 0 Å². The van der Waals surface area contributed by atoms with Crippen molar-refractivity contribution < 1.29 is 13.2 Å². The Morgan fingerprint density at radius 2 is 1.64 bits per heavy atom. The molecule has 1 aliphatic carbocycles. The van der Waals surface area contributed by atoms with Gasteiger partial charge in [0.15, 0.2) is 0 Å². The summed E-state index contributed by atoms with van der Waals surface area (Å²) in [5, 5.41) is 0. The molecule has 0 unspecified atom stereocenters. The topological polar surface area (TPSA) is 0 Å². The number of hydrogen-bond acceptors (Lipinski definition) is 0. The number of rotatable bonds is 1. The molecule has 1 fully saturated rings. The molecular formula is C8H13F3. The average Bonchev–Trinajstić information content (AvgIpc) is 1.51. The van der Waals surface area contributed by atoms with Gasteiger partial charge >= 0.3 is 6.18 Å². The molecule has 0 aromatic heterocycles. The SMILES string of the molecule is CC(C)C1CC(C(F)(F)F)C1. The molecule has 0 radical (unpaired) electrons. The van der Waals surface area contributed by atoms with E-state index in [1.807, 2.05) is 13.8 Å². The first-order valence-corrected chi connectivity index (χ1v) is 3.98. The molecule has 0 aromatic rings. The number of hydrogen-bond donors (Lipinski definition) is 0. The van der Waals surface area contributed by atoms with Crippen LogP contribution >= 0.6 is 0 Å². The zero-order valence-corrected chi connectivity index (χ0v) is 6.78. The fourth-order valence-corrected chi connectivity index (χ4v) is 1.47. The van der Waals surface area contributed by atoms with E-state index in [4.69, 9.17) is 0 Å². The molecule has 1 rings (SSSR count). The van der Waals surface area contributed by atoms with Crippen molar-refractivity contribution in [3.63, 3.8) is 0 Å². The molecule has 0 amide bonds. The Labute approximate surface area is 64.8 Å². The van der Waals surface area contributed by atoms with Crippen LogP contribution in [-0.2, 0) is 0 Å². The minimum Gasteiger partial charge on any atom is -0.171 e. The Bertz CT molecular complexity index is 131. The van der Waals surface area contributed by atoms with Crippen LogP contribution in [0.15, 0.2) is 0 Å². The first kappa shape index (κ1) is 8.88. The third-order valence-electron chi connectivity index (χ3n) is 2.58. The molecule has 0 aromatic carbocycles. The summed E-state index contributed by atoms with van der Waals surface area (Å²) in [5.41, 5.74) is 0. The van der Waals surface area contributed by atoms with Crippen LogP contribution in [-0.4, -0.2) is 6.18 Å². The Morgan fingerprint density at radius 3 is 1.91 bits per heavy atom. The van der Waals surface area contributed by atoms with Gasteiger partial charge in [-0.05, 0) is 24.7 Å². The van der Waals surface area contributed by atoms with Gasteiger partial charge in [-0.1, -0.05) is 13.8 Å². The van der Waals surface area contributed by atoms with Crippen LogP contribution in [0.4, 0.5) is 13.2 Å². The van der Waals surface area contributed by atoms with Gasteiger partial charge in [0, 0.05) is 0 Å². The molecule has 0 bridgehead atoms. The lowest BCUT2D eigenvalue weighted by Gasteiger charge is -2.38. The van der Waals surface area contributed by atoms with Gasteiger partial charge in [-0.3, -0.25) is 0 Å². The maximum Gasteiger partial charge on any atom is 0.391 e. The molecule has 0 saturated heterocycles. The summed E-state index contributed by atoms with van der Waals surface area (Å²) in [6.45, 7) is 3.97. The zero-order valence-electron chi connectivity index (χ0n) is 6.78. The molecule has 1 saturated carbocycles. The third kappa shape index (κ3) is 1.88. The van der Waals surface area contributed by atoms with Crippen molar-refractivity contribution in [3.05, 3.63) is 0 Å². The zero-order chi connectivity index (χ0) is 8.65. The van der Waals surface area contributed by atoms with E-state index in [0.29, 0.717) is 24.7 Å². The van der Waals surface area contributed by atoms with E-state index in [1.54, 1.807) is 0 Å². The van der Waals surface area contributed by atoms with Crippen LogP contribution in [0.1, 0.15) is 26.7 Å². The van der Waals surface area contributed by atoms with E-state index in [9.17, 15) is 13.2 Å². The minimum atomic E-state index is -3.94. The molecule has 0 N–H and O–H groups in total. The van der Waals surface area contributed by atoms with Gasteiger partial charge in [-0.25, -0.2) is 0 Å². The summed E-state index contributed by atoms with van der Waals surface area (Å²) in [4.78, 5) is 0. The van der Waals surface area contributed by atoms with Crippen LogP contribution < -0.4 is 0 Å². The predicted octanol–water partition coefficient (Wildman–Crippen LogP) is 3.23. The van der Waals surface area contributed by atoms with Crippen LogP contribution in [0.5, 0.6) is 0 Å². The van der Waals surface area contributed by atoms with E-state index >= 15 is 0 Å². The Balaban J connectivity index is 2.30. The molecule has 11 heavy (non-hydrogen) atoms. The fourth-order valence-electron chi connectivity index (χ4n) is 1.47. The van der Waals surface area contributed by atoms with E-state index in [2.05, 4.69) is 0 Å². The summed E-state index contributed by atoms with van der Waals surface area (Å²) < 4.78 is 35.8. The second kappa shape index (κ2) is 2.68. The lowest BCUT2D eigenvalue weighted by atomic mass is 9.69. The standard InChI is InChI=1S/C8H13F3/c1-5(2)6-3-7(4-6)8(9,10)11/h5-7H,3-4H2,1-2H3. The number of halogens is 3. The molecule has 0 nitrogen and oxygen atoms in total. The lowest BCUT2D eigenvalue weighted by Crippen LogP contribution is -2.37. The number of alkyl halides is 3. The van der Waals surface area contributed by atoms with Crippen LogP contribution in [0.3, 0.4) is 0 Å². The highest BCUT2D eigenvalue weighted by molar-refractivity contribution is 4.85. The summed E-state index contributed by atoms with van der Waals surface area (Å²) in [7, 11) is 0. The highest BCUT2D eigenvalue weighted by atomic mass is 19.4. The van der Waals surface area contributed by atoms with E-state index in [0.717, 1.165) is 0 Å². The van der Waals surface area contributed by atoms with Crippen molar-refractivity contribution in [2.45, 2.75) is 32.9 Å². The van der Waals surface area contributed by atoms with E-state index in [1.165, 1.54) is 0 Å². The second-order valence-electron chi connectivity index (χ2n) is 3.71. The fraction of sp³-hybridized carbons (Fsp3) is 1.00. The molecule has 0 heterocycles. The van der Waals surface area contributed by atoms with Crippen molar-refractivity contribution in [3.8, 4) is 0 Å². The van der Waals surface area contributed by atoms with E-state index in [-0.39, 0.29) is 0 Å². The van der Waals surface area contributed by atoms with Crippen LogP contribution in [0.25, 0.3) is 0 Å². The van der Waals surface area contributed by atoms with Crippen LogP contribution in [0.2, 0.25) is 0 Å². The van der Waals surface area contributed by atoms with Gasteiger partial charge in [0.2, 0.25) is 0 Å². The smallest absolute Gasteiger partial charge is 0.171 e. The molecule has 3 heteroatoms. The highest BCUT2D eigenvalue weighted by Gasteiger charge is 2.48. The Kier molecular flexibility index (Phi) is 2.17. The summed E-state index contributed by atoms with van der Waals surface area (Å²) in [6, 6.07) is 0. The van der Waals surface area contributed by atoms with Crippen molar-refractivity contribution in [1.82, 2.24) is 0 Å². The third-order valence-corrected chi connectivity index (χ3v) is 2.58. The maximum absolute atomic E-state index is 11.9. The normalized spacial score (nSPS) is 32.2. The second-order valence-corrected chi connectivity index (χ2v) is 3.71. The van der Waals surface area contributed by atoms with Gasteiger partial charge in [-0.15, -0.1) is 0 Å². The molecule has 66 valence electrons. The van der Waals surface area contributed by atoms with Gasteiger partial charge in [-0.2, -0.15) is 13.2 Å². The lowest BCUT2D eigenvalue weighted by molar-refractivity contribution is -0.207. The summed E-state index contributed by atoms with van der Waals surface area (Å²) >= 11 is 0. The first-order valence-electron chi connectivity index (χ1n) is 3.98. The molecule has 0 atom stereocenters. The molecular weight excluding hydrogens is 153 g/mol. The van der Waals surface area contributed by atoms with Gasteiger partial charge in [0.05, 0.1) is 5.92 Å². The van der Waals surface area contributed by atoms with Gasteiger partial charge in [0.1, 0.15) is 0 Å². The average molecular weight is 166 g/mol. The molecule has 0 spiro atoms. The van der Waals surface area contributed by atoms with E-state index < -0.39 is 12.1 Å².